The van der Waals surface area contributed by atoms with E-state index in [4.69, 9.17) is 16.3 Å². The summed E-state index contributed by atoms with van der Waals surface area (Å²) in [7, 11) is -2.36. The summed E-state index contributed by atoms with van der Waals surface area (Å²) in [6.45, 7) is 1.27. The van der Waals surface area contributed by atoms with E-state index in [0.29, 0.717) is 10.7 Å². The van der Waals surface area contributed by atoms with Gasteiger partial charge in [-0.3, -0.25) is 9.10 Å². The number of rotatable bonds is 7. The number of sulfonamides is 1. The van der Waals surface area contributed by atoms with Crippen LogP contribution >= 0.6 is 11.6 Å². The van der Waals surface area contributed by atoms with Gasteiger partial charge in [-0.15, -0.1) is 0 Å². The summed E-state index contributed by atoms with van der Waals surface area (Å²) < 4.78 is 30.5. The first-order chi connectivity index (χ1) is 12.7. The lowest BCUT2D eigenvalue weighted by Crippen LogP contribution is -2.39. The number of benzene rings is 2. The third-order valence-electron chi connectivity index (χ3n) is 3.64. The molecule has 0 fully saturated rings. The monoisotopic (exact) mass is 409 g/mol. The molecule has 0 aliphatic rings. The zero-order valence-electron chi connectivity index (χ0n) is 15.1. The van der Waals surface area contributed by atoms with E-state index >= 15 is 0 Å². The second-order valence-corrected chi connectivity index (χ2v) is 8.03. The number of ether oxygens (including phenoxy) is 1. The zero-order valence-corrected chi connectivity index (χ0v) is 16.7. The maximum Gasteiger partial charge on any atom is 0.260 e. The van der Waals surface area contributed by atoms with Crippen LogP contribution in [0.25, 0.3) is 0 Å². The number of halogens is 1. The molecule has 144 valence electrons. The Bertz CT molecular complexity index is 946. The minimum atomic E-state index is -3.77. The zero-order chi connectivity index (χ0) is 20.0. The molecule has 0 aliphatic carbocycles. The van der Waals surface area contributed by atoms with E-state index in [1.54, 1.807) is 13.0 Å². The summed E-state index contributed by atoms with van der Waals surface area (Å²) in [5.41, 5.74) is 3.98. The van der Waals surface area contributed by atoms with Crippen molar-refractivity contribution in [3.8, 4) is 5.75 Å². The van der Waals surface area contributed by atoms with Crippen molar-refractivity contribution in [1.29, 1.82) is 0 Å². The molecule has 0 aliphatic heterocycles. The van der Waals surface area contributed by atoms with Gasteiger partial charge in [-0.05, 0) is 30.7 Å². The van der Waals surface area contributed by atoms with Crippen molar-refractivity contribution >= 4 is 38.9 Å². The number of hydrazone groups is 1. The van der Waals surface area contributed by atoms with Gasteiger partial charge >= 0.3 is 0 Å². The summed E-state index contributed by atoms with van der Waals surface area (Å²) in [6, 6.07) is 13.8. The minimum absolute atomic E-state index is 0.173. The molecule has 0 heterocycles. The average molecular weight is 410 g/mol. The van der Waals surface area contributed by atoms with Crippen molar-refractivity contribution < 1.29 is 17.9 Å². The fourth-order valence-electron chi connectivity index (χ4n) is 2.30. The van der Waals surface area contributed by atoms with Crippen LogP contribution < -0.4 is 14.5 Å². The van der Waals surface area contributed by atoms with Crippen molar-refractivity contribution in [3.05, 3.63) is 59.1 Å². The molecule has 27 heavy (non-hydrogen) atoms. The quantitative estimate of drug-likeness (QED) is 0.562. The Morgan fingerprint density at radius 2 is 1.89 bits per heavy atom. The fraction of sp³-hybridized carbons (Fsp3) is 0.222. The first-order valence-corrected chi connectivity index (χ1v) is 10.1. The van der Waals surface area contributed by atoms with E-state index in [-0.39, 0.29) is 11.4 Å². The van der Waals surface area contributed by atoms with Gasteiger partial charge < -0.3 is 4.74 Å². The summed E-state index contributed by atoms with van der Waals surface area (Å²) >= 11 is 5.98. The average Bonchev–Trinajstić information content (AvgIpc) is 2.64. The Morgan fingerprint density at radius 3 is 2.48 bits per heavy atom. The van der Waals surface area contributed by atoms with Crippen LogP contribution in [0.2, 0.25) is 5.02 Å². The number of carbonyl (C=O) groups excluding carboxylic acids is 1. The Morgan fingerprint density at radius 1 is 1.22 bits per heavy atom. The SMILES string of the molecule is COc1ccc(Cl)cc1N(CC(=O)N/N=C(/C)c1ccccc1)S(C)(=O)=O. The number of anilines is 1. The van der Waals surface area contributed by atoms with Crippen LogP contribution in [0.4, 0.5) is 5.69 Å². The van der Waals surface area contributed by atoms with Crippen LogP contribution in [0.5, 0.6) is 5.75 Å². The summed E-state index contributed by atoms with van der Waals surface area (Å²) in [4.78, 5) is 12.3. The molecule has 0 spiro atoms. The highest BCUT2D eigenvalue weighted by atomic mass is 35.5. The van der Waals surface area contributed by atoms with Crippen molar-refractivity contribution in [1.82, 2.24) is 5.43 Å². The Hall–Kier alpha value is -2.58. The molecular formula is C18H20ClN3O4S. The van der Waals surface area contributed by atoms with Gasteiger partial charge in [0.2, 0.25) is 10.0 Å². The Kier molecular flexibility index (Phi) is 6.81. The lowest BCUT2D eigenvalue weighted by Gasteiger charge is -2.23. The van der Waals surface area contributed by atoms with Gasteiger partial charge in [0.1, 0.15) is 12.3 Å². The van der Waals surface area contributed by atoms with Crippen LogP contribution in [0.1, 0.15) is 12.5 Å². The van der Waals surface area contributed by atoms with E-state index in [9.17, 15) is 13.2 Å². The van der Waals surface area contributed by atoms with Crippen molar-refractivity contribution in [3.63, 3.8) is 0 Å². The smallest absolute Gasteiger partial charge is 0.260 e. The predicted molar refractivity (Wildman–Crippen MR) is 107 cm³/mol. The molecule has 9 heteroatoms. The van der Waals surface area contributed by atoms with Crippen molar-refractivity contribution in [2.75, 3.05) is 24.2 Å². The second-order valence-electron chi connectivity index (χ2n) is 5.68. The van der Waals surface area contributed by atoms with Gasteiger partial charge in [-0.25, -0.2) is 13.8 Å². The molecule has 2 rings (SSSR count). The summed E-state index contributed by atoms with van der Waals surface area (Å²) in [6.07, 6.45) is 0.999. The normalized spacial score (nSPS) is 11.8. The highest BCUT2D eigenvalue weighted by Crippen LogP contribution is 2.32. The molecule has 0 bridgehead atoms. The molecule has 1 amide bonds. The molecule has 0 radical (unpaired) electrons. The van der Waals surface area contributed by atoms with Gasteiger partial charge in [0.05, 0.1) is 24.8 Å². The van der Waals surface area contributed by atoms with Crippen LogP contribution in [0.15, 0.2) is 53.6 Å². The molecular weight excluding hydrogens is 390 g/mol. The van der Waals surface area contributed by atoms with Gasteiger partial charge in [-0.1, -0.05) is 41.9 Å². The third-order valence-corrected chi connectivity index (χ3v) is 5.00. The lowest BCUT2D eigenvalue weighted by molar-refractivity contribution is -0.119. The first-order valence-electron chi connectivity index (χ1n) is 7.92. The lowest BCUT2D eigenvalue weighted by atomic mass is 10.1. The van der Waals surface area contributed by atoms with Crippen LogP contribution in [0.3, 0.4) is 0 Å². The number of hydrogen-bond donors (Lipinski definition) is 1. The number of carbonyl (C=O) groups is 1. The molecule has 0 aromatic heterocycles. The van der Waals surface area contributed by atoms with E-state index in [1.165, 1.54) is 19.2 Å². The molecule has 2 aromatic rings. The maximum absolute atomic E-state index is 12.3. The van der Waals surface area contributed by atoms with Gasteiger partial charge in [-0.2, -0.15) is 5.10 Å². The highest BCUT2D eigenvalue weighted by Gasteiger charge is 2.24. The highest BCUT2D eigenvalue weighted by molar-refractivity contribution is 7.92. The number of hydrogen-bond acceptors (Lipinski definition) is 5. The number of nitrogens with one attached hydrogen (secondary N) is 1. The van der Waals surface area contributed by atoms with E-state index in [1.807, 2.05) is 30.3 Å². The van der Waals surface area contributed by atoms with Crippen LogP contribution in [0, 0.1) is 0 Å². The Labute approximate surface area is 163 Å². The van der Waals surface area contributed by atoms with Crippen molar-refractivity contribution in [2.24, 2.45) is 5.10 Å². The van der Waals surface area contributed by atoms with Gasteiger partial charge in [0.25, 0.3) is 5.91 Å². The maximum atomic E-state index is 12.3. The Balaban J connectivity index is 2.23. The number of methoxy groups -OCH3 is 1. The molecule has 0 saturated heterocycles. The third kappa shape index (κ3) is 5.70. The van der Waals surface area contributed by atoms with E-state index in [0.717, 1.165) is 16.1 Å². The molecule has 0 atom stereocenters. The molecule has 0 saturated carbocycles. The predicted octanol–water partition coefficient (Wildman–Crippen LogP) is 2.66. The number of amides is 1. The largest absolute Gasteiger partial charge is 0.495 e. The van der Waals surface area contributed by atoms with Gasteiger partial charge in [0, 0.05) is 5.02 Å². The van der Waals surface area contributed by atoms with Crippen LogP contribution in [-0.4, -0.2) is 39.9 Å². The number of nitrogens with zero attached hydrogens (tertiary/aromatic N) is 2. The van der Waals surface area contributed by atoms with Gasteiger partial charge in [0.15, 0.2) is 0 Å². The molecule has 1 N–H and O–H groups in total. The molecule has 7 nitrogen and oxygen atoms in total. The van der Waals surface area contributed by atoms with E-state index in [2.05, 4.69) is 10.5 Å². The fourth-order valence-corrected chi connectivity index (χ4v) is 3.31. The minimum Gasteiger partial charge on any atom is -0.495 e. The summed E-state index contributed by atoms with van der Waals surface area (Å²) in [5, 5.41) is 4.34. The first kappa shape index (κ1) is 20.7. The summed E-state index contributed by atoms with van der Waals surface area (Å²) in [5.74, 6) is -0.320. The van der Waals surface area contributed by atoms with Crippen LogP contribution in [-0.2, 0) is 14.8 Å². The second kappa shape index (κ2) is 8.88. The molecule has 0 unspecified atom stereocenters. The van der Waals surface area contributed by atoms with E-state index < -0.39 is 22.5 Å². The van der Waals surface area contributed by atoms with Crippen molar-refractivity contribution in [2.45, 2.75) is 6.92 Å². The topological polar surface area (TPSA) is 88.1 Å². The standard InChI is InChI=1S/C18H20ClN3O4S/c1-13(14-7-5-4-6-8-14)20-21-18(23)12-22(27(3,24)25)16-11-15(19)9-10-17(16)26-2/h4-11H,12H2,1-3H3,(H,21,23)/b20-13-. The molecule has 2 aromatic carbocycles.